The molecule has 1 saturated heterocycles. The summed E-state index contributed by atoms with van der Waals surface area (Å²) >= 11 is 0. The monoisotopic (exact) mass is 380 g/mol. The van der Waals surface area contributed by atoms with E-state index < -0.39 is 0 Å². The number of fused-ring (bicyclic) bond motifs is 2. The lowest BCUT2D eigenvalue weighted by atomic mass is 9.82. The molecule has 0 radical (unpaired) electrons. The smallest absolute Gasteiger partial charge is 0.223 e. The van der Waals surface area contributed by atoms with Crippen LogP contribution in [-0.4, -0.2) is 38.3 Å². The van der Waals surface area contributed by atoms with Gasteiger partial charge in [0.1, 0.15) is 5.75 Å². The number of aryl methyl sites for hydroxylation is 2. The Kier molecular flexibility index (Phi) is 6.43. The summed E-state index contributed by atoms with van der Waals surface area (Å²) in [4.78, 5) is 12.7. The van der Waals surface area contributed by atoms with Gasteiger partial charge in [-0.15, -0.1) is 12.4 Å². The quantitative estimate of drug-likeness (QED) is 0.842. The highest BCUT2D eigenvalue weighted by molar-refractivity contribution is 5.85. The molecule has 1 saturated carbocycles. The summed E-state index contributed by atoms with van der Waals surface area (Å²) in [6, 6.07) is 4.69. The van der Waals surface area contributed by atoms with E-state index in [1.54, 1.807) is 7.11 Å². The van der Waals surface area contributed by atoms with Crippen molar-refractivity contribution in [1.29, 1.82) is 0 Å². The maximum absolute atomic E-state index is 12.7. The zero-order valence-corrected chi connectivity index (χ0v) is 16.2. The Morgan fingerprint density at radius 1 is 1.31 bits per heavy atom. The molecular weight excluding hydrogens is 352 g/mol. The van der Waals surface area contributed by atoms with Gasteiger partial charge in [0, 0.05) is 30.6 Å². The molecule has 1 aromatic rings. The first-order valence-corrected chi connectivity index (χ1v) is 9.56. The number of benzene rings is 1. The van der Waals surface area contributed by atoms with Crippen molar-refractivity contribution >= 4 is 18.3 Å². The molecule has 1 aromatic carbocycles. The van der Waals surface area contributed by atoms with E-state index in [1.807, 2.05) is 0 Å². The van der Waals surface area contributed by atoms with Crippen molar-refractivity contribution in [2.45, 2.75) is 57.2 Å². The number of halogens is 1. The number of methoxy groups -OCH3 is 1. The molecule has 1 heterocycles. The molecule has 2 aliphatic carbocycles. The summed E-state index contributed by atoms with van der Waals surface area (Å²) in [5.74, 6) is 1.14. The summed E-state index contributed by atoms with van der Waals surface area (Å²) < 4.78 is 11.3. The van der Waals surface area contributed by atoms with Crippen LogP contribution in [0.1, 0.15) is 42.4 Å². The third-order valence-corrected chi connectivity index (χ3v) is 5.95. The number of ether oxygens (including phenoxy) is 2. The van der Waals surface area contributed by atoms with Crippen LogP contribution in [0.25, 0.3) is 0 Å². The Balaban J connectivity index is 0.00000196. The average Bonchev–Trinajstić information content (AvgIpc) is 3.12. The van der Waals surface area contributed by atoms with E-state index in [4.69, 9.17) is 9.47 Å². The van der Waals surface area contributed by atoms with Gasteiger partial charge in [-0.2, -0.15) is 0 Å². The van der Waals surface area contributed by atoms with Gasteiger partial charge in [-0.25, -0.2) is 0 Å². The van der Waals surface area contributed by atoms with Gasteiger partial charge >= 0.3 is 0 Å². The molecule has 26 heavy (non-hydrogen) atoms. The fraction of sp³-hybridized carbons (Fsp3) is 0.650. The van der Waals surface area contributed by atoms with E-state index in [2.05, 4.69) is 22.8 Å². The Labute approximate surface area is 161 Å². The van der Waals surface area contributed by atoms with Crippen LogP contribution in [0.15, 0.2) is 12.1 Å². The van der Waals surface area contributed by atoms with Gasteiger partial charge in [0.2, 0.25) is 5.91 Å². The predicted molar refractivity (Wildman–Crippen MR) is 103 cm³/mol. The fourth-order valence-corrected chi connectivity index (χ4v) is 4.56. The molecule has 0 unspecified atom stereocenters. The molecule has 2 N–H and O–H groups in total. The molecule has 1 amide bonds. The SMILES string of the molecule is COc1cc2c(cc1CNC(=O)[C@H]1CC[C@H]3OCCN[C@@H]3C1)CCC2.Cl. The van der Waals surface area contributed by atoms with Crippen molar-refractivity contribution < 1.29 is 14.3 Å². The molecule has 6 heteroatoms. The van der Waals surface area contributed by atoms with Crippen molar-refractivity contribution in [3.8, 4) is 5.75 Å². The van der Waals surface area contributed by atoms with Crippen molar-refractivity contribution in [2.24, 2.45) is 5.92 Å². The van der Waals surface area contributed by atoms with E-state index in [1.165, 1.54) is 17.5 Å². The van der Waals surface area contributed by atoms with Gasteiger partial charge in [0.15, 0.2) is 0 Å². The Morgan fingerprint density at radius 2 is 2.12 bits per heavy atom. The largest absolute Gasteiger partial charge is 0.496 e. The highest BCUT2D eigenvalue weighted by atomic mass is 35.5. The number of nitrogens with one attached hydrogen (secondary N) is 2. The van der Waals surface area contributed by atoms with Crippen LogP contribution >= 0.6 is 12.4 Å². The third-order valence-electron chi connectivity index (χ3n) is 5.95. The molecule has 0 spiro atoms. The first-order chi connectivity index (χ1) is 12.2. The van der Waals surface area contributed by atoms with Crippen LogP contribution in [-0.2, 0) is 28.9 Å². The number of rotatable bonds is 4. The maximum atomic E-state index is 12.7. The number of hydrogen-bond donors (Lipinski definition) is 2. The van der Waals surface area contributed by atoms with Crippen molar-refractivity contribution in [3.05, 3.63) is 28.8 Å². The average molecular weight is 381 g/mol. The summed E-state index contributed by atoms with van der Waals surface area (Å²) in [5.41, 5.74) is 3.90. The maximum Gasteiger partial charge on any atom is 0.223 e. The molecule has 5 nitrogen and oxygen atoms in total. The van der Waals surface area contributed by atoms with Crippen molar-refractivity contribution in [3.63, 3.8) is 0 Å². The Hall–Kier alpha value is -1.30. The third kappa shape index (κ3) is 4.00. The molecule has 3 aliphatic rings. The van der Waals surface area contributed by atoms with Gasteiger partial charge in [-0.1, -0.05) is 6.07 Å². The zero-order valence-electron chi connectivity index (χ0n) is 15.4. The standard InChI is InChI=1S/C20H28N2O3.ClH/c1-24-19-11-14-4-2-3-13(14)9-16(19)12-22-20(23)15-5-6-18-17(10-15)21-7-8-25-18;/h9,11,15,17-18,21H,2-8,10,12H2,1H3,(H,22,23);1H/t15-,17+,18+;/m0./s1. The van der Waals surface area contributed by atoms with E-state index in [9.17, 15) is 4.79 Å². The summed E-state index contributed by atoms with van der Waals surface area (Å²) in [6.45, 7) is 2.22. The second-order valence-corrected chi connectivity index (χ2v) is 7.48. The van der Waals surface area contributed by atoms with Crippen LogP contribution in [0, 0.1) is 5.92 Å². The number of amides is 1. The second kappa shape index (κ2) is 8.59. The van der Waals surface area contributed by atoms with Gasteiger partial charge < -0.3 is 20.1 Å². The highest BCUT2D eigenvalue weighted by Crippen LogP contribution is 2.31. The zero-order chi connectivity index (χ0) is 17.2. The molecular formula is C20H29ClN2O3. The molecule has 0 aromatic heterocycles. The van der Waals surface area contributed by atoms with Gasteiger partial charge in [-0.05, 0) is 55.7 Å². The molecule has 4 rings (SSSR count). The minimum absolute atomic E-state index is 0. The molecule has 2 fully saturated rings. The second-order valence-electron chi connectivity index (χ2n) is 7.48. The van der Waals surface area contributed by atoms with Gasteiger partial charge in [0.05, 0.1) is 19.8 Å². The molecule has 0 bridgehead atoms. The van der Waals surface area contributed by atoms with Crippen LogP contribution < -0.4 is 15.4 Å². The Morgan fingerprint density at radius 3 is 2.92 bits per heavy atom. The Bertz CT molecular complexity index is 652. The molecule has 1 aliphatic heterocycles. The summed E-state index contributed by atoms with van der Waals surface area (Å²) in [7, 11) is 1.71. The molecule has 144 valence electrons. The van der Waals surface area contributed by atoms with Gasteiger partial charge in [0.25, 0.3) is 0 Å². The lowest BCUT2D eigenvalue weighted by Gasteiger charge is -2.39. The number of hydrogen-bond acceptors (Lipinski definition) is 4. The van der Waals surface area contributed by atoms with Crippen LogP contribution in [0.2, 0.25) is 0 Å². The normalized spacial score (nSPS) is 27.0. The lowest BCUT2D eigenvalue weighted by molar-refractivity contribution is -0.128. The van der Waals surface area contributed by atoms with E-state index >= 15 is 0 Å². The lowest BCUT2D eigenvalue weighted by Crippen LogP contribution is -2.53. The first-order valence-electron chi connectivity index (χ1n) is 9.56. The van der Waals surface area contributed by atoms with Crippen molar-refractivity contribution in [2.75, 3.05) is 20.3 Å². The van der Waals surface area contributed by atoms with Crippen molar-refractivity contribution in [1.82, 2.24) is 10.6 Å². The fourth-order valence-electron chi connectivity index (χ4n) is 4.56. The molecule has 3 atom stereocenters. The summed E-state index contributed by atoms with van der Waals surface area (Å²) in [6.07, 6.45) is 6.53. The number of morpholine rings is 1. The predicted octanol–water partition coefficient (Wildman–Crippen LogP) is 2.38. The van der Waals surface area contributed by atoms with E-state index in [-0.39, 0.29) is 30.3 Å². The highest BCUT2D eigenvalue weighted by Gasteiger charge is 2.35. The van der Waals surface area contributed by atoms with E-state index in [0.717, 1.165) is 56.6 Å². The van der Waals surface area contributed by atoms with Crippen LogP contribution in [0.4, 0.5) is 0 Å². The number of carbonyl (C=O) groups excluding carboxylic acids is 1. The van der Waals surface area contributed by atoms with Gasteiger partial charge in [-0.3, -0.25) is 4.79 Å². The first kappa shape index (κ1) is 19.5. The minimum Gasteiger partial charge on any atom is -0.496 e. The number of carbonyl (C=O) groups is 1. The minimum atomic E-state index is 0. The summed E-state index contributed by atoms with van der Waals surface area (Å²) in [5, 5.41) is 6.64. The van der Waals surface area contributed by atoms with E-state index in [0.29, 0.717) is 12.6 Å². The topological polar surface area (TPSA) is 59.6 Å². The van der Waals surface area contributed by atoms with Crippen LogP contribution in [0.5, 0.6) is 5.75 Å². The van der Waals surface area contributed by atoms with Crippen LogP contribution in [0.3, 0.4) is 0 Å².